The van der Waals surface area contributed by atoms with E-state index < -0.39 is 5.41 Å². The van der Waals surface area contributed by atoms with Crippen LogP contribution in [0.2, 0.25) is 0 Å². The summed E-state index contributed by atoms with van der Waals surface area (Å²) >= 11 is 3.41. The molecular formula is C14H21BrN2O3. The molecule has 112 valence electrons. The number of benzene rings is 1. The monoisotopic (exact) mass is 344 g/mol. The van der Waals surface area contributed by atoms with Gasteiger partial charge in [-0.25, -0.2) is 4.79 Å². The van der Waals surface area contributed by atoms with Crippen LogP contribution in [0, 0.1) is 12.3 Å². The number of hydrogen-bond acceptors (Lipinski definition) is 3. The highest BCUT2D eigenvalue weighted by atomic mass is 79.9. The Morgan fingerprint density at radius 2 is 2.00 bits per heavy atom. The number of urea groups is 1. The van der Waals surface area contributed by atoms with Crippen LogP contribution in [-0.2, 0) is 0 Å². The van der Waals surface area contributed by atoms with E-state index in [-0.39, 0.29) is 25.8 Å². The van der Waals surface area contributed by atoms with Gasteiger partial charge < -0.3 is 20.4 Å². The van der Waals surface area contributed by atoms with E-state index in [0.717, 1.165) is 10.0 Å². The molecule has 0 aliphatic carbocycles. The first-order valence-corrected chi connectivity index (χ1v) is 7.10. The smallest absolute Gasteiger partial charge is 0.321 e. The molecule has 1 rings (SSSR count). The van der Waals surface area contributed by atoms with Crippen molar-refractivity contribution in [2.75, 3.05) is 32.1 Å². The summed E-state index contributed by atoms with van der Waals surface area (Å²) in [7, 11) is 1.63. The number of amides is 2. The highest BCUT2D eigenvalue weighted by molar-refractivity contribution is 9.10. The van der Waals surface area contributed by atoms with Crippen LogP contribution in [0.1, 0.15) is 12.5 Å². The van der Waals surface area contributed by atoms with Crippen LogP contribution >= 0.6 is 15.9 Å². The zero-order valence-corrected chi connectivity index (χ0v) is 13.6. The number of anilines is 1. The van der Waals surface area contributed by atoms with Crippen molar-refractivity contribution in [1.29, 1.82) is 0 Å². The van der Waals surface area contributed by atoms with Crippen molar-refractivity contribution in [3.8, 4) is 0 Å². The fraction of sp³-hybridized carbons (Fsp3) is 0.500. The van der Waals surface area contributed by atoms with Crippen molar-refractivity contribution in [2.45, 2.75) is 13.8 Å². The zero-order chi connectivity index (χ0) is 15.3. The molecule has 0 unspecified atom stereocenters. The summed E-state index contributed by atoms with van der Waals surface area (Å²) in [5, 5.41) is 21.3. The van der Waals surface area contributed by atoms with Crippen LogP contribution in [0.15, 0.2) is 22.7 Å². The molecule has 20 heavy (non-hydrogen) atoms. The van der Waals surface area contributed by atoms with Crippen molar-refractivity contribution in [3.05, 3.63) is 28.2 Å². The first kappa shape index (κ1) is 16.9. The number of halogens is 1. The Hall–Kier alpha value is -1.11. The van der Waals surface area contributed by atoms with Crippen LogP contribution in [-0.4, -0.2) is 48.0 Å². The molecule has 0 atom stereocenters. The fourth-order valence-corrected chi connectivity index (χ4v) is 2.06. The Labute approximate surface area is 127 Å². The average Bonchev–Trinajstić information content (AvgIpc) is 2.42. The van der Waals surface area contributed by atoms with Gasteiger partial charge in [0.25, 0.3) is 0 Å². The molecule has 0 aliphatic rings. The molecule has 0 fully saturated rings. The zero-order valence-electron chi connectivity index (χ0n) is 12.0. The van der Waals surface area contributed by atoms with Gasteiger partial charge in [-0.2, -0.15) is 0 Å². The Kier molecular flexibility index (Phi) is 5.98. The summed E-state index contributed by atoms with van der Waals surface area (Å²) in [6, 6.07) is 5.28. The van der Waals surface area contributed by atoms with Gasteiger partial charge >= 0.3 is 6.03 Å². The second-order valence-corrected chi connectivity index (χ2v) is 6.23. The lowest BCUT2D eigenvalue weighted by atomic mass is 9.92. The maximum Gasteiger partial charge on any atom is 0.321 e. The quantitative estimate of drug-likeness (QED) is 0.766. The minimum atomic E-state index is -0.708. The largest absolute Gasteiger partial charge is 0.396 e. The van der Waals surface area contributed by atoms with E-state index in [1.165, 1.54) is 4.90 Å². The van der Waals surface area contributed by atoms with Crippen molar-refractivity contribution >= 4 is 27.6 Å². The third-order valence-corrected chi connectivity index (χ3v) is 4.01. The molecule has 0 heterocycles. The van der Waals surface area contributed by atoms with E-state index in [1.807, 2.05) is 25.1 Å². The van der Waals surface area contributed by atoms with Gasteiger partial charge in [0.15, 0.2) is 0 Å². The molecule has 0 spiro atoms. The maximum atomic E-state index is 12.1. The van der Waals surface area contributed by atoms with Crippen molar-refractivity contribution in [1.82, 2.24) is 4.90 Å². The summed E-state index contributed by atoms with van der Waals surface area (Å²) in [6.07, 6.45) is 0. The van der Waals surface area contributed by atoms with Crippen LogP contribution in [0.4, 0.5) is 10.5 Å². The van der Waals surface area contributed by atoms with Gasteiger partial charge in [0.1, 0.15) is 0 Å². The van der Waals surface area contributed by atoms with Crippen LogP contribution in [0.3, 0.4) is 0 Å². The second-order valence-electron chi connectivity index (χ2n) is 5.38. The average molecular weight is 345 g/mol. The number of aliphatic hydroxyl groups is 2. The van der Waals surface area contributed by atoms with Crippen LogP contribution in [0.5, 0.6) is 0 Å². The van der Waals surface area contributed by atoms with E-state index in [0.29, 0.717) is 5.69 Å². The minimum absolute atomic E-state index is 0.183. The second kappa shape index (κ2) is 7.06. The summed E-state index contributed by atoms with van der Waals surface area (Å²) < 4.78 is 0.925. The normalized spacial score (nSPS) is 11.3. The molecular weight excluding hydrogens is 324 g/mol. The number of aliphatic hydroxyl groups excluding tert-OH is 2. The lowest BCUT2D eigenvalue weighted by molar-refractivity contribution is 0.0509. The van der Waals surface area contributed by atoms with Gasteiger partial charge in [0.2, 0.25) is 0 Å². The lowest BCUT2D eigenvalue weighted by Crippen LogP contribution is -2.43. The SMILES string of the molecule is Cc1ccc(NC(=O)N(C)CC(C)(CO)CO)cc1Br. The molecule has 0 saturated carbocycles. The highest BCUT2D eigenvalue weighted by Gasteiger charge is 2.26. The standard InChI is InChI=1S/C14H21BrN2O3/c1-10-4-5-11(6-12(10)15)16-13(20)17(3)7-14(2,8-18)9-19/h4-6,18-19H,7-9H2,1-3H3,(H,16,20). The molecule has 6 heteroatoms. The fourth-order valence-electron chi connectivity index (χ4n) is 1.68. The van der Waals surface area contributed by atoms with E-state index in [2.05, 4.69) is 21.2 Å². The molecule has 0 saturated heterocycles. The van der Waals surface area contributed by atoms with Crippen molar-refractivity contribution in [3.63, 3.8) is 0 Å². The molecule has 5 nitrogen and oxygen atoms in total. The molecule has 3 N–H and O–H groups in total. The van der Waals surface area contributed by atoms with Crippen LogP contribution in [0.25, 0.3) is 0 Å². The molecule has 1 aromatic rings. The number of nitrogens with zero attached hydrogens (tertiary/aromatic N) is 1. The van der Waals surface area contributed by atoms with Gasteiger partial charge in [0, 0.05) is 29.2 Å². The Morgan fingerprint density at radius 3 is 2.50 bits per heavy atom. The number of aryl methyl sites for hydroxylation is 1. The van der Waals surface area contributed by atoms with E-state index in [9.17, 15) is 15.0 Å². The third-order valence-electron chi connectivity index (χ3n) is 3.15. The molecule has 0 radical (unpaired) electrons. The summed E-state index contributed by atoms with van der Waals surface area (Å²) in [4.78, 5) is 13.5. The molecule has 0 aromatic heterocycles. The number of rotatable bonds is 5. The van der Waals surface area contributed by atoms with E-state index in [1.54, 1.807) is 14.0 Å². The summed E-state index contributed by atoms with van der Waals surface area (Å²) in [5.74, 6) is 0. The topological polar surface area (TPSA) is 72.8 Å². The Bertz CT molecular complexity index is 475. The van der Waals surface area contributed by atoms with Gasteiger partial charge in [-0.15, -0.1) is 0 Å². The molecule has 1 aromatic carbocycles. The number of nitrogens with one attached hydrogen (secondary N) is 1. The van der Waals surface area contributed by atoms with Gasteiger partial charge in [-0.1, -0.05) is 28.9 Å². The number of carbonyl (C=O) groups is 1. The van der Waals surface area contributed by atoms with Gasteiger partial charge in [-0.3, -0.25) is 0 Å². The first-order valence-electron chi connectivity index (χ1n) is 6.31. The predicted octanol–water partition coefficient (Wildman–Crippen LogP) is 2.21. The van der Waals surface area contributed by atoms with E-state index >= 15 is 0 Å². The molecule has 0 aliphatic heterocycles. The molecule has 2 amide bonds. The summed E-state index contributed by atoms with van der Waals surface area (Å²) in [6.45, 7) is 3.59. The minimum Gasteiger partial charge on any atom is -0.396 e. The highest BCUT2D eigenvalue weighted by Crippen LogP contribution is 2.21. The maximum absolute atomic E-state index is 12.1. The van der Waals surface area contributed by atoms with Crippen molar-refractivity contribution < 1.29 is 15.0 Å². The number of carbonyl (C=O) groups excluding carboxylic acids is 1. The van der Waals surface area contributed by atoms with Gasteiger partial charge in [0.05, 0.1) is 13.2 Å². The van der Waals surface area contributed by atoms with Gasteiger partial charge in [-0.05, 0) is 24.6 Å². The number of hydrogen-bond donors (Lipinski definition) is 3. The van der Waals surface area contributed by atoms with E-state index in [4.69, 9.17) is 0 Å². The first-order chi connectivity index (χ1) is 9.31. The lowest BCUT2D eigenvalue weighted by Gasteiger charge is -2.30. The Balaban J connectivity index is 2.68. The predicted molar refractivity (Wildman–Crippen MR) is 82.8 cm³/mol. The van der Waals surface area contributed by atoms with Crippen molar-refractivity contribution in [2.24, 2.45) is 5.41 Å². The summed E-state index contributed by atoms with van der Waals surface area (Å²) in [5.41, 5.74) is 1.07. The van der Waals surface area contributed by atoms with Crippen LogP contribution < -0.4 is 5.32 Å². The molecule has 0 bridgehead atoms. The third kappa shape index (κ3) is 4.47. The Morgan fingerprint density at radius 1 is 1.40 bits per heavy atom.